The highest BCUT2D eigenvalue weighted by molar-refractivity contribution is 6.35. The molecule has 12 rings (SSSR count). The zero-order valence-corrected chi connectivity index (χ0v) is 47.2. The molecule has 2 saturated carbocycles. The van der Waals surface area contributed by atoms with Gasteiger partial charge < -0.3 is 25.0 Å². The van der Waals surface area contributed by atoms with Crippen LogP contribution in [0.1, 0.15) is 156 Å². The molecule has 2 amide bonds. The van der Waals surface area contributed by atoms with Crippen LogP contribution in [-0.2, 0) is 19.7 Å². The summed E-state index contributed by atoms with van der Waals surface area (Å²) in [4.78, 5) is 58.9. The summed E-state index contributed by atoms with van der Waals surface area (Å²) in [5.41, 5.74) is 8.63. The van der Waals surface area contributed by atoms with E-state index in [0.717, 1.165) is 136 Å². The number of aliphatic hydroxyl groups is 1. The van der Waals surface area contributed by atoms with Gasteiger partial charge in [0, 0.05) is 68.7 Å². The predicted molar refractivity (Wildman–Crippen MR) is 307 cm³/mol. The number of nitrogens with one attached hydrogen (secondary N) is 1. The van der Waals surface area contributed by atoms with Crippen LogP contribution in [0.15, 0.2) is 90.0 Å². The van der Waals surface area contributed by atoms with Crippen molar-refractivity contribution in [3.8, 4) is 16.8 Å². The molecule has 5 fully saturated rings. The van der Waals surface area contributed by atoms with Crippen molar-refractivity contribution in [2.45, 2.75) is 146 Å². The standard InChI is InChI=1S/C63H77ClN10O5/c1-40-48(10-9-27-65-40)43-17-19-44(20-18-43)51(38-71-30-32-79-33-31-71)66-58(76)55-35-47(75)37-72(55)60(78)57(62(2,3)4)73-39-52(68-69-73)45-15-13-41(14-16-45)36-70-28-23-42(24-29-70)46-21-22-49-54(34-46)74-53-12-8-11-50(64)56(53)59(77)67-61(74)63(49)25-6-5-7-26-63/h8-12,17-22,27,34,39,41-42,45,47,51,55,57,75H,5-7,13-16,23-26,28-33,35-38H2,1-4H3,(H,66,76)/t41?,45?,47-,51+,55+,57-/m1/s1. The number of benzene rings is 3. The molecule has 1 spiro atoms. The van der Waals surface area contributed by atoms with Crippen LogP contribution in [-0.4, -0.2) is 132 Å². The van der Waals surface area contributed by atoms with E-state index >= 15 is 0 Å². The molecule has 7 heterocycles. The molecule has 4 atom stereocenters. The van der Waals surface area contributed by atoms with Crippen LogP contribution >= 0.6 is 11.6 Å². The fourth-order valence-corrected chi connectivity index (χ4v) is 14.8. The number of fused-ring (bicyclic) bond motifs is 7. The first-order valence-corrected chi connectivity index (χ1v) is 29.7. The van der Waals surface area contributed by atoms with Gasteiger partial charge in [-0.2, -0.15) is 4.98 Å². The van der Waals surface area contributed by atoms with Gasteiger partial charge in [-0.05, 0) is 135 Å². The molecular formula is C63H77ClN10O5. The molecule has 0 unspecified atom stereocenters. The number of halogens is 1. The zero-order valence-electron chi connectivity index (χ0n) is 46.5. The van der Waals surface area contributed by atoms with E-state index in [1.54, 1.807) is 21.8 Å². The number of likely N-dealkylation sites (tertiary alicyclic amines) is 2. The molecular weight excluding hydrogens is 1010 g/mol. The highest BCUT2D eigenvalue weighted by Crippen LogP contribution is 2.52. The monoisotopic (exact) mass is 1090 g/mol. The third kappa shape index (κ3) is 10.6. The average molecular weight is 1090 g/mol. The minimum atomic E-state index is -0.847. The number of pyridine rings is 1. The lowest BCUT2D eigenvalue weighted by molar-refractivity contribution is -0.144. The Kier molecular flexibility index (Phi) is 15.1. The van der Waals surface area contributed by atoms with Crippen molar-refractivity contribution >= 4 is 34.3 Å². The number of aryl methyl sites for hydroxylation is 1. The Morgan fingerprint density at radius 2 is 1.65 bits per heavy atom. The van der Waals surface area contributed by atoms with Crippen LogP contribution in [0.25, 0.3) is 27.7 Å². The number of morpholine rings is 1. The summed E-state index contributed by atoms with van der Waals surface area (Å²) >= 11 is 6.67. The normalized spacial score (nSPS) is 23.6. The molecule has 6 aromatic rings. The molecule has 3 aromatic heterocycles. The minimum Gasteiger partial charge on any atom is -0.391 e. The van der Waals surface area contributed by atoms with Crippen LogP contribution in [0.5, 0.6) is 0 Å². The van der Waals surface area contributed by atoms with Gasteiger partial charge in [-0.1, -0.05) is 105 Å². The molecule has 15 nitrogen and oxygen atoms in total. The second-order valence-corrected chi connectivity index (χ2v) is 25.3. The number of rotatable bonds is 12. The minimum absolute atomic E-state index is 0.0689. The quantitative estimate of drug-likeness (QED) is 0.120. The van der Waals surface area contributed by atoms with E-state index in [0.29, 0.717) is 42.0 Å². The van der Waals surface area contributed by atoms with E-state index in [1.807, 2.05) is 52.1 Å². The fraction of sp³-hybridized carbons (Fsp3) is 0.540. The molecule has 2 N–H and O–H groups in total. The number of hydrogen-bond donors (Lipinski definition) is 2. The molecule has 0 radical (unpaired) electrons. The van der Waals surface area contributed by atoms with Gasteiger partial charge in [-0.3, -0.25) is 28.8 Å². The van der Waals surface area contributed by atoms with E-state index in [1.165, 1.54) is 23.2 Å². The van der Waals surface area contributed by atoms with Crippen LogP contribution in [0.3, 0.4) is 0 Å². The van der Waals surface area contributed by atoms with Gasteiger partial charge in [0.25, 0.3) is 5.56 Å². The lowest BCUT2D eigenvalue weighted by Gasteiger charge is -2.37. The summed E-state index contributed by atoms with van der Waals surface area (Å²) in [6.45, 7) is 14.8. The summed E-state index contributed by atoms with van der Waals surface area (Å²) in [6.07, 6.45) is 15.1. The maximum Gasteiger partial charge on any atom is 0.282 e. The average Bonchev–Trinajstić information content (AvgIpc) is 3.64. The highest BCUT2D eigenvalue weighted by atomic mass is 35.5. The van der Waals surface area contributed by atoms with Gasteiger partial charge in [-0.15, -0.1) is 5.10 Å². The smallest absolute Gasteiger partial charge is 0.282 e. The largest absolute Gasteiger partial charge is 0.391 e. The first-order valence-electron chi connectivity index (χ1n) is 29.3. The van der Waals surface area contributed by atoms with Crippen molar-refractivity contribution in [1.29, 1.82) is 0 Å². The van der Waals surface area contributed by atoms with Gasteiger partial charge in [-0.25, -0.2) is 4.68 Å². The number of carbonyl (C=O) groups is 2. The number of carbonyl (C=O) groups excluding carboxylic acids is 2. The van der Waals surface area contributed by atoms with Crippen LogP contribution < -0.4 is 10.9 Å². The lowest BCUT2D eigenvalue weighted by atomic mass is 9.69. The van der Waals surface area contributed by atoms with E-state index in [-0.39, 0.29) is 47.7 Å². The molecule has 416 valence electrons. The zero-order chi connectivity index (χ0) is 54.6. The SMILES string of the molecule is Cc1ncccc1-c1ccc([C@H](CN2CCOCC2)NC(=O)[C@@H]2C[C@@H](O)CN2C(=O)[C@@H](n2cc(C3CCC(CN4CCC(c5ccc6c(c5)-n5c(nc(=O)c7c(Cl)cccc75)C65CCCCC5)CC4)CC3)nn2)C(C)(C)C)cc1. The molecule has 6 aliphatic rings. The second kappa shape index (κ2) is 22.2. The second-order valence-electron chi connectivity index (χ2n) is 24.9. The number of aliphatic hydroxyl groups excluding tert-OH is 1. The highest BCUT2D eigenvalue weighted by Gasteiger charge is 2.48. The van der Waals surface area contributed by atoms with Crippen molar-refractivity contribution in [2.75, 3.05) is 59.0 Å². The molecule has 0 bridgehead atoms. The summed E-state index contributed by atoms with van der Waals surface area (Å²) < 4.78 is 9.65. The van der Waals surface area contributed by atoms with Gasteiger partial charge in [0.1, 0.15) is 17.9 Å². The number of ether oxygens (including phenoxy) is 1. The van der Waals surface area contributed by atoms with Gasteiger partial charge in [0.2, 0.25) is 11.8 Å². The molecule has 3 aromatic carbocycles. The van der Waals surface area contributed by atoms with E-state index < -0.39 is 23.6 Å². The van der Waals surface area contributed by atoms with Crippen molar-refractivity contribution in [3.63, 3.8) is 0 Å². The van der Waals surface area contributed by atoms with Crippen LogP contribution in [0.2, 0.25) is 5.02 Å². The first-order chi connectivity index (χ1) is 38.2. The number of aromatic nitrogens is 6. The number of nitrogens with zero attached hydrogens (tertiary/aromatic N) is 9. The summed E-state index contributed by atoms with van der Waals surface area (Å²) in [5.74, 6) is 1.71. The number of hydrogen-bond acceptors (Lipinski definition) is 11. The Morgan fingerprint density at radius 3 is 2.38 bits per heavy atom. The molecule has 2 aliphatic carbocycles. The number of β-amino-alcohol motifs (C(OH)–C–C–N with tert-alkyl or cyclic N) is 1. The Morgan fingerprint density at radius 1 is 0.886 bits per heavy atom. The molecule has 16 heteroatoms. The van der Waals surface area contributed by atoms with E-state index in [4.69, 9.17) is 26.4 Å². The maximum atomic E-state index is 15.0. The van der Waals surface area contributed by atoms with Crippen molar-refractivity contribution in [3.05, 3.63) is 134 Å². The first kappa shape index (κ1) is 53.8. The number of piperidine rings is 1. The summed E-state index contributed by atoms with van der Waals surface area (Å²) in [5, 5.41) is 24.8. The fourth-order valence-electron chi connectivity index (χ4n) is 14.6. The van der Waals surface area contributed by atoms with Gasteiger partial charge in [0.05, 0.1) is 58.1 Å². The third-order valence-corrected chi connectivity index (χ3v) is 19.1. The van der Waals surface area contributed by atoms with Gasteiger partial charge >= 0.3 is 0 Å². The van der Waals surface area contributed by atoms with Crippen LogP contribution in [0.4, 0.5) is 0 Å². The van der Waals surface area contributed by atoms with Crippen LogP contribution in [0, 0.1) is 18.3 Å². The summed E-state index contributed by atoms with van der Waals surface area (Å²) in [7, 11) is 0. The van der Waals surface area contributed by atoms with Gasteiger partial charge in [0.15, 0.2) is 0 Å². The number of amides is 2. The Hall–Kier alpha value is -5.84. The molecule has 3 saturated heterocycles. The van der Waals surface area contributed by atoms with Crippen molar-refractivity contribution < 1.29 is 19.4 Å². The Balaban J connectivity index is 0.677. The van der Waals surface area contributed by atoms with E-state index in [9.17, 15) is 19.5 Å². The van der Waals surface area contributed by atoms with Crippen molar-refractivity contribution in [2.24, 2.45) is 11.3 Å². The van der Waals surface area contributed by atoms with Crippen molar-refractivity contribution in [1.82, 2.24) is 49.5 Å². The molecule has 79 heavy (non-hydrogen) atoms. The molecule has 4 aliphatic heterocycles. The Labute approximate surface area is 469 Å². The maximum absolute atomic E-state index is 15.0. The Bertz CT molecular complexity index is 3250. The third-order valence-electron chi connectivity index (χ3n) is 18.8. The van der Waals surface area contributed by atoms with E-state index in [2.05, 4.69) is 78.4 Å². The predicted octanol–water partition coefficient (Wildman–Crippen LogP) is 9.46. The topological polar surface area (TPSA) is 164 Å². The lowest BCUT2D eigenvalue weighted by Crippen LogP contribution is -2.52. The summed E-state index contributed by atoms with van der Waals surface area (Å²) in [6, 6.07) is 23.3.